The van der Waals surface area contributed by atoms with Crippen LogP contribution in [0.2, 0.25) is 5.02 Å². The summed E-state index contributed by atoms with van der Waals surface area (Å²) in [5.74, 6) is -1.52. The third-order valence-electron chi connectivity index (χ3n) is 3.92. The minimum atomic E-state index is -1.25. The average molecular weight is 388 g/mol. The Morgan fingerprint density at radius 2 is 1.88 bits per heavy atom. The van der Waals surface area contributed by atoms with Gasteiger partial charge in [0.05, 0.1) is 16.9 Å². The van der Waals surface area contributed by atoms with Gasteiger partial charge in [-0.3, -0.25) is 9.69 Å². The van der Waals surface area contributed by atoms with E-state index in [1.54, 1.807) is 29.2 Å². The van der Waals surface area contributed by atoms with E-state index in [1.165, 1.54) is 0 Å². The Morgan fingerprint density at radius 1 is 1.19 bits per heavy atom. The Bertz CT molecular complexity index is 824. The molecule has 0 aliphatic carbocycles. The molecule has 1 unspecified atom stereocenters. The smallest absolute Gasteiger partial charge is 0.230 e. The first-order valence-corrected chi connectivity index (χ1v) is 9.35. The van der Waals surface area contributed by atoms with Gasteiger partial charge in [-0.1, -0.05) is 53.7 Å². The van der Waals surface area contributed by atoms with Gasteiger partial charge in [-0.05, 0) is 36.2 Å². The number of amidine groups is 1. The van der Waals surface area contributed by atoms with Crippen LogP contribution in [0.15, 0.2) is 59.6 Å². The van der Waals surface area contributed by atoms with Crippen LogP contribution in [0.3, 0.4) is 0 Å². The summed E-state index contributed by atoms with van der Waals surface area (Å²) in [6.45, 7) is 0.433. The maximum Gasteiger partial charge on any atom is 0.230 e. The highest BCUT2D eigenvalue weighted by molar-refractivity contribution is 8.15. The highest BCUT2D eigenvalue weighted by Crippen LogP contribution is 2.29. The summed E-state index contributed by atoms with van der Waals surface area (Å²) >= 11 is 6.93. The van der Waals surface area contributed by atoms with Crippen LogP contribution in [0.25, 0.3) is 0 Å². The lowest BCUT2D eigenvalue weighted by atomic mass is 10.1. The topological polar surface area (TPSA) is 72.8 Å². The second kappa shape index (κ2) is 8.38. The van der Waals surface area contributed by atoms with E-state index in [2.05, 4.69) is 4.99 Å². The molecule has 0 radical (unpaired) electrons. The minimum Gasteiger partial charge on any atom is -0.549 e. The van der Waals surface area contributed by atoms with Crippen LogP contribution in [-0.4, -0.2) is 33.7 Å². The molecule has 1 amide bonds. The number of hydrogen-bond acceptors (Lipinski definition) is 5. The lowest BCUT2D eigenvalue weighted by Crippen LogP contribution is -2.48. The number of carbonyl (C=O) groups is 2. The van der Waals surface area contributed by atoms with Crippen LogP contribution in [0, 0.1) is 0 Å². The van der Waals surface area contributed by atoms with E-state index in [0.717, 1.165) is 17.3 Å². The molecule has 1 saturated heterocycles. The zero-order valence-corrected chi connectivity index (χ0v) is 15.4. The van der Waals surface area contributed by atoms with Gasteiger partial charge in [0, 0.05) is 18.0 Å². The van der Waals surface area contributed by atoms with Crippen LogP contribution in [0.1, 0.15) is 12.0 Å². The number of carboxylic acid groups (broad SMARTS) is 1. The van der Waals surface area contributed by atoms with E-state index in [9.17, 15) is 14.7 Å². The molecule has 0 bridgehead atoms. The second-order valence-electron chi connectivity index (χ2n) is 5.78. The van der Waals surface area contributed by atoms with Crippen molar-refractivity contribution in [1.29, 1.82) is 0 Å². The summed E-state index contributed by atoms with van der Waals surface area (Å²) in [5.41, 5.74) is 1.70. The van der Waals surface area contributed by atoms with Gasteiger partial charge in [0.25, 0.3) is 0 Å². The number of carboxylic acids is 1. The van der Waals surface area contributed by atoms with E-state index in [4.69, 9.17) is 11.6 Å². The Labute approximate surface area is 160 Å². The quantitative estimate of drug-likeness (QED) is 0.790. The van der Waals surface area contributed by atoms with Crippen molar-refractivity contribution in [3.05, 3.63) is 65.2 Å². The molecule has 26 heavy (non-hydrogen) atoms. The Morgan fingerprint density at radius 3 is 2.54 bits per heavy atom. The van der Waals surface area contributed by atoms with Gasteiger partial charge in [-0.2, -0.15) is 0 Å². The zero-order valence-electron chi connectivity index (χ0n) is 13.8. The number of benzene rings is 2. The average Bonchev–Trinajstić information content (AvgIpc) is 2.63. The number of nitrogens with zero attached hydrogens (tertiary/aromatic N) is 2. The SMILES string of the molecule is O=C([O-])C1CC(=O)N(CCc2ccccc2)C(=Nc2ccc(Cl)cc2)S1. The van der Waals surface area contributed by atoms with Crippen LogP contribution in [-0.2, 0) is 16.0 Å². The number of rotatable bonds is 5. The monoisotopic (exact) mass is 387 g/mol. The van der Waals surface area contributed by atoms with Gasteiger partial charge in [0.15, 0.2) is 5.17 Å². The van der Waals surface area contributed by atoms with Crippen molar-refractivity contribution in [1.82, 2.24) is 4.90 Å². The zero-order chi connectivity index (χ0) is 18.5. The molecule has 5 nitrogen and oxygen atoms in total. The van der Waals surface area contributed by atoms with E-state index in [0.29, 0.717) is 28.8 Å². The summed E-state index contributed by atoms with van der Waals surface area (Å²) in [7, 11) is 0. The Kier molecular flexibility index (Phi) is 5.96. The fourth-order valence-electron chi connectivity index (χ4n) is 2.56. The number of halogens is 1. The molecule has 1 aliphatic heterocycles. The molecule has 3 rings (SSSR count). The Balaban J connectivity index is 1.84. The molecule has 1 atom stereocenters. The number of amides is 1. The summed E-state index contributed by atoms with van der Waals surface area (Å²) in [5, 5.41) is 11.3. The third kappa shape index (κ3) is 4.65. The molecule has 0 saturated carbocycles. The molecule has 1 aliphatic rings. The summed E-state index contributed by atoms with van der Waals surface area (Å²) in [6.07, 6.45) is 0.560. The van der Waals surface area contributed by atoms with Crippen molar-refractivity contribution in [2.45, 2.75) is 18.1 Å². The summed E-state index contributed by atoms with van der Waals surface area (Å²) in [4.78, 5) is 29.8. The van der Waals surface area contributed by atoms with Crippen molar-refractivity contribution in [3.8, 4) is 0 Å². The maximum absolute atomic E-state index is 12.5. The standard InChI is InChI=1S/C19H17ClN2O3S/c20-14-6-8-15(9-7-14)21-19-22(11-10-13-4-2-1-3-5-13)17(23)12-16(26-19)18(24)25/h1-9,16H,10-12H2,(H,24,25)/p-1. The molecule has 0 spiro atoms. The van der Waals surface area contributed by atoms with Crippen LogP contribution < -0.4 is 5.11 Å². The number of carbonyl (C=O) groups excluding carboxylic acids is 2. The number of thioether (sulfide) groups is 1. The van der Waals surface area contributed by atoms with Gasteiger partial charge in [0.2, 0.25) is 5.91 Å². The van der Waals surface area contributed by atoms with Crippen molar-refractivity contribution in [3.63, 3.8) is 0 Å². The summed E-state index contributed by atoms with van der Waals surface area (Å²) < 4.78 is 0. The van der Waals surface area contributed by atoms with Gasteiger partial charge in [-0.15, -0.1) is 0 Å². The predicted molar refractivity (Wildman–Crippen MR) is 101 cm³/mol. The molecule has 2 aromatic rings. The molecule has 7 heteroatoms. The fourth-order valence-corrected chi connectivity index (χ4v) is 3.74. The highest BCUT2D eigenvalue weighted by atomic mass is 35.5. The summed E-state index contributed by atoms with van der Waals surface area (Å²) in [6, 6.07) is 16.6. The first-order valence-electron chi connectivity index (χ1n) is 8.09. The minimum absolute atomic E-state index is 0.0958. The van der Waals surface area contributed by atoms with Crippen LogP contribution >= 0.6 is 23.4 Å². The van der Waals surface area contributed by atoms with E-state index in [-0.39, 0.29) is 12.3 Å². The normalized spacial score (nSPS) is 19.0. The number of hydrogen-bond donors (Lipinski definition) is 0. The second-order valence-corrected chi connectivity index (χ2v) is 7.39. The van der Waals surface area contributed by atoms with Crippen molar-refractivity contribution >= 4 is 46.1 Å². The van der Waals surface area contributed by atoms with Crippen LogP contribution in [0.5, 0.6) is 0 Å². The molecule has 134 valence electrons. The predicted octanol–water partition coefficient (Wildman–Crippen LogP) is 2.65. The number of aliphatic carboxylic acids is 1. The molecule has 2 aromatic carbocycles. The molecule has 0 aromatic heterocycles. The van der Waals surface area contributed by atoms with Gasteiger partial charge >= 0.3 is 0 Å². The molecule has 0 N–H and O–H groups in total. The lowest BCUT2D eigenvalue weighted by molar-refractivity contribution is -0.304. The Hall–Kier alpha value is -2.31. The van der Waals surface area contributed by atoms with E-state index < -0.39 is 11.2 Å². The third-order valence-corrected chi connectivity index (χ3v) is 5.34. The largest absolute Gasteiger partial charge is 0.549 e. The lowest BCUT2D eigenvalue weighted by Gasteiger charge is -2.32. The molecular weight excluding hydrogens is 372 g/mol. The van der Waals surface area contributed by atoms with Gasteiger partial charge in [-0.25, -0.2) is 4.99 Å². The first kappa shape index (κ1) is 18.5. The van der Waals surface area contributed by atoms with Crippen molar-refractivity contribution in [2.24, 2.45) is 4.99 Å². The van der Waals surface area contributed by atoms with Crippen LogP contribution in [0.4, 0.5) is 5.69 Å². The van der Waals surface area contributed by atoms with Gasteiger partial charge < -0.3 is 9.90 Å². The van der Waals surface area contributed by atoms with Gasteiger partial charge in [0.1, 0.15) is 0 Å². The number of aliphatic imine (C=N–C) groups is 1. The molecule has 1 heterocycles. The molecule has 1 fully saturated rings. The maximum atomic E-state index is 12.5. The first-order chi connectivity index (χ1) is 12.5. The van der Waals surface area contributed by atoms with E-state index >= 15 is 0 Å². The van der Waals surface area contributed by atoms with E-state index in [1.807, 2.05) is 30.3 Å². The van der Waals surface area contributed by atoms with Crippen molar-refractivity contribution in [2.75, 3.05) is 6.54 Å². The fraction of sp³-hybridized carbons (Fsp3) is 0.211. The molecular formula is C19H16ClN2O3S-. The highest BCUT2D eigenvalue weighted by Gasteiger charge is 2.32. The van der Waals surface area contributed by atoms with Crippen molar-refractivity contribution < 1.29 is 14.7 Å².